The molecule has 0 saturated carbocycles. The fourth-order valence-corrected chi connectivity index (χ4v) is 4.55. The van der Waals surface area contributed by atoms with Crippen LogP contribution >= 0.6 is 15.9 Å². The first kappa shape index (κ1) is 20.6. The minimum absolute atomic E-state index is 0.755. The predicted octanol–water partition coefficient (Wildman–Crippen LogP) is 7.93. The van der Waals surface area contributed by atoms with E-state index in [0.717, 1.165) is 41.2 Å². The first-order chi connectivity index (χ1) is 15.8. The van der Waals surface area contributed by atoms with E-state index in [1.165, 1.54) is 27.5 Å². The molecule has 0 atom stereocenters. The Kier molecular flexibility index (Phi) is 5.83. The van der Waals surface area contributed by atoms with Gasteiger partial charge in [-0.25, -0.2) is 9.97 Å². The average molecular weight is 479 g/mol. The Morgan fingerprint density at radius 1 is 0.844 bits per heavy atom. The fourth-order valence-electron chi connectivity index (χ4n) is 4.38. The minimum Gasteiger partial charge on any atom is -0.228 e. The number of nitrogens with zero attached hydrogens (tertiary/aromatic N) is 2. The van der Waals surface area contributed by atoms with Gasteiger partial charge in [0.25, 0.3) is 0 Å². The van der Waals surface area contributed by atoms with Gasteiger partial charge in [0.15, 0.2) is 5.82 Å². The number of benzene rings is 3. The first-order valence-corrected chi connectivity index (χ1v) is 11.8. The molecule has 1 aliphatic carbocycles. The summed E-state index contributed by atoms with van der Waals surface area (Å²) in [5.74, 6) is 0.755. The number of aromatic nitrogens is 2. The molecule has 3 heteroatoms. The van der Waals surface area contributed by atoms with Crippen molar-refractivity contribution in [3.05, 3.63) is 113 Å². The number of allylic oxidation sites excluding steroid dienone is 5. The highest BCUT2D eigenvalue weighted by Gasteiger charge is 2.23. The molecule has 1 heterocycles. The second-order valence-electron chi connectivity index (χ2n) is 7.86. The molecule has 0 bridgehead atoms. The van der Waals surface area contributed by atoms with Gasteiger partial charge in [0.2, 0.25) is 0 Å². The third-order valence-corrected chi connectivity index (χ3v) is 6.28. The topological polar surface area (TPSA) is 25.8 Å². The number of hydrogen-bond donors (Lipinski definition) is 0. The smallest absolute Gasteiger partial charge is 0.160 e. The van der Waals surface area contributed by atoms with Crippen molar-refractivity contribution in [2.24, 2.45) is 0 Å². The van der Waals surface area contributed by atoms with Gasteiger partial charge in [-0.05, 0) is 47.2 Å². The second-order valence-corrected chi connectivity index (χ2v) is 8.39. The lowest BCUT2D eigenvalue weighted by molar-refractivity contribution is 0.910. The van der Waals surface area contributed by atoms with Gasteiger partial charge in [-0.3, -0.25) is 0 Å². The molecule has 3 aromatic carbocycles. The molecule has 0 N–H and O–H groups in total. The maximum atomic E-state index is 5.12. The van der Waals surface area contributed by atoms with E-state index >= 15 is 0 Å². The van der Waals surface area contributed by atoms with Crippen LogP contribution < -0.4 is 0 Å². The van der Waals surface area contributed by atoms with Gasteiger partial charge in [0.05, 0.1) is 11.4 Å². The summed E-state index contributed by atoms with van der Waals surface area (Å²) in [6.07, 6.45) is 10.0. The number of rotatable bonds is 4. The zero-order valence-electron chi connectivity index (χ0n) is 17.9. The van der Waals surface area contributed by atoms with Crippen LogP contribution in [0.3, 0.4) is 0 Å². The molecule has 1 aromatic heterocycles. The second kappa shape index (κ2) is 9.05. The van der Waals surface area contributed by atoms with Gasteiger partial charge < -0.3 is 0 Å². The monoisotopic (exact) mass is 478 g/mol. The largest absolute Gasteiger partial charge is 0.228 e. The minimum atomic E-state index is 0.755. The molecule has 0 saturated heterocycles. The molecule has 1 aliphatic rings. The maximum absolute atomic E-state index is 5.12. The van der Waals surface area contributed by atoms with Crippen molar-refractivity contribution in [1.29, 1.82) is 0 Å². The van der Waals surface area contributed by atoms with Crippen LogP contribution in [-0.2, 0) is 12.8 Å². The summed E-state index contributed by atoms with van der Waals surface area (Å²) in [6.45, 7) is 2.03. The molecule has 2 nitrogen and oxygen atoms in total. The lowest BCUT2D eigenvalue weighted by atomic mass is 9.86. The van der Waals surface area contributed by atoms with Gasteiger partial charge in [-0.1, -0.05) is 101 Å². The number of hydrogen-bond acceptors (Lipinski definition) is 2. The van der Waals surface area contributed by atoms with Crippen molar-refractivity contribution in [2.75, 3.05) is 0 Å². The van der Waals surface area contributed by atoms with E-state index in [2.05, 4.69) is 94.8 Å². The third kappa shape index (κ3) is 3.85. The zero-order valence-corrected chi connectivity index (χ0v) is 19.5. The molecule has 5 rings (SSSR count). The van der Waals surface area contributed by atoms with Gasteiger partial charge in [-0.15, -0.1) is 0 Å². The van der Waals surface area contributed by atoms with E-state index in [4.69, 9.17) is 9.97 Å². The van der Waals surface area contributed by atoms with E-state index in [-0.39, 0.29) is 0 Å². The van der Waals surface area contributed by atoms with E-state index in [1.54, 1.807) is 0 Å². The van der Waals surface area contributed by atoms with E-state index in [9.17, 15) is 0 Å². The van der Waals surface area contributed by atoms with Crippen LogP contribution in [0.15, 0.2) is 96.0 Å². The van der Waals surface area contributed by atoms with E-state index in [0.29, 0.717) is 0 Å². The maximum Gasteiger partial charge on any atom is 0.160 e. The highest BCUT2D eigenvalue weighted by Crippen LogP contribution is 2.38. The van der Waals surface area contributed by atoms with Crippen molar-refractivity contribution in [3.63, 3.8) is 0 Å². The molecule has 156 valence electrons. The van der Waals surface area contributed by atoms with Crippen molar-refractivity contribution in [3.8, 4) is 22.5 Å². The normalized spacial score (nSPS) is 13.6. The summed E-state index contributed by atoms with van der Waals surface area (Å²) in [4.78, 5) is 12.0. The Balaban J connectivity index is 1.75. The van der Waals surface area contributed by atoms with Crippen molar-refractivity contribution >= 4 is 32.3 Å². The van der Waals surface area contributed by atoms with Crippen LogP contribution in [0.1, 0.15) is 23.9 Å². The molecule has 4 aromatic rings. The van der Waals surface area contributed by atoms with Crippen LogP contribution in [0.2, 0.25) is 0 Å². The lowest BCUT2D eigenvalue weighted by Gasteiger charge is -2.22. The van der Waals surface area contributed by atoms with Crippen LogP contribution in [0.25, 0.3) is 38.9 Å². The lowest BCUT2D eigenvalue weighted by Crippen LogP contribution is -2.11. The molecule has 32 heavy (non-hydrogen) atoms. The molecule has 0 aliphatic heterocycles. The molecule has 0 spiro atoms. The zero-order chi connectivity index (χ0) is 21.9. The van der Waals surface area contributed by atoms with Crippen LogP contribution in [-0.4, -0.2) is 9.97 Å². The average Bonchev–Trinajstić information content (AvgIpc) is 2.85. The summed E-state index contributed by atoms with van der Waals surface area (Å²) in [6, 6.07) is 23.7. The summed E-state index contributed by atoms with van der Waals surface area (Å²) in [7, 11) is 0. The van der Waals surface area contributed by atoms with Crippen molar-refractivity contribution in [2.45, 2.75) is 19.8 Å². The first-order valence-electron chi connectivity index (χ1n) is 10.9. The number of aryl methyl sites for hydroxylation is 1. The number of fused-ring (bicyclic) bond motifs is 4. The van der Waals surface area contributed by atoms with Gasteiger partial charge in [0, 0.05) is 22.3 Å². The molecule has 0 amide bonds. The summed E-state index contributed by atoms with van der Waals surface area (Å²) < 4.78 is 0. The highest BCUT2D eigenvalue weighted by atomic mass is 79.9. The standard InChI is InChI=1S/C29H23BrN2/c1-2-20(9-7-8-18-30)29-31-27(24-15-14-21-10-3-4-12-23(21)19-24)26-17-16-22-11-5-6-13-25(22)28(26)32-29/h2-15,18-19H,16-17H2,1H3/b9-7-,18-8+,20-2+. The Morgan fingerprint density at radius 3 is 2.47 bits per heavy atom. The number of halogens is 1. The van der Waals surface area contributed by atoms with E-state index < -0.39 is 0 Å². The van der Waals surface area contributed by atoms with Crippen molar-refractivity contribution < 1.29 is 0 Å². The molecule has 0 fully saturated rings. The Morgan fingerprint density at radius 2 is 1.62 bits per heavy atom. The Hall–Kier alpha value is -3.30. The van der Waals surface area contributed by atoms with Crippen LogP contribution in [0.5, 0.6) is 0 Å². The summed E-state index contributed by atoms with van der Waals surface area (Å²) >= 11 is 3.32. The Bertz CT molecular complexity index is 1400. The third-order valence-electron chi connectivity index (χ3n) is 5.98. The van der Waals surface area contributed by atoms with Crippen molar-refractivity contribution in [1.82, 2.24) is 9.97 Å². The predicted molar refractivity (Wildman–Crippen MR) is 139 cm³/mol. The Labute approximate surface area is 197 Å². The quantitative estimate of drug-likeness (QED) is 0.278. The summed E-state index contributed by atoms with van der Waals surface area (Å²) in [5.41, 5.74) is 8.06. The van der Waals surface area contributed by atoms with E-state index in [1.807, 2.05) is 24.1 Å². The molecule has 0 unspecified atom stereocenters. The SMILES string of the molecule is C\C=C(/C=C\C=C\Br)c1nc(-c2ccc3ccccc3c2)c2c(n1)-c1ccccc1CC2. The van der Waals surface area contributed by atoms with Crippen LogP contribution in [0.4, 0.5) is 0 Å². The van der Waals surface area contributed by atoms with Gasteiger partial charge in [0.1, 0.15) is 0 Å². The van der Waals surface area contributed by atoms with Crippen LogP contribution in [0, 0.1) is 0 Å². The highest BCUT2D eigenvalue weighted by molar-refractivity contribution is 9.11. The summed E-state index contributed by atoms with van der Waals surface area (Å²) in [5, 5.41) is 2.46. The molecular formula is C29H23BrN2. The molecule has 0 radical (unpaired) electrons. The molecular weight excluding hydrogens is 456 g/mol. The van der Waals surface area contributed by atoms with Gasteiger partial charge >= 0.3 is 0 Å². The van der Waals surface area contributed by atoms with Gasteiger partial charge in [-0.2, -0.15) is 0 Å². The fraction of sp³-hybridized carbons (Fsp3) is 0.103.